The van der Waals surface area contributed by atoms with Crippen molar-refractivity contribution >= 4 is 46.0 Å². The normalized spacial score (nSPS) is 12.6. The van der Waals surface area contributed by atoms with Gasteiger partial charge in [0.1, 0.15) is 11.6 Å². The van der Waals surface area contributed by atoms with Gasteiger partial charge in [0.2, 0.25) is 0 Å². The fourth-order valence-electron chi connectivity index (χ4n) is 1.61. The summed E-state index contributed by atoms with van der Waals surface area (Å²) in [4.78, 5) is 14.8. The van der Waals surface area contributed by atoms with E-state index in [9.17, 15) is 9.18 Å². The summed E-state index contributed by atoms with van der Waals surface area (Å²) in [5.74, 6) is -1.86. The first-order valence-corrected chi connectivity index (χ1v) is 7.46. The molecule has 0 aliphatic rings. The second kappa shape index (κ2) is 6.75. The molecule has 0 aromatic carbocycles. The molecule has 0 saturated heterocycles. The lowest BCUT2D eigenvalue weighted by Crippen LogP contribution is -2.36. The molecule has 114 valence electrons. The fraction of sp³-hybridized carbons (Fsp3) is 0.462. The molecule has 2 N–H and O–H groups in total. The predicted octanol–water partition coefficient (Wildman–Crippen LogP) is 3.65. The average molecular weight is 426 g/mol. The zero-order chi connectivity index (χ0) is 16.4. The van der Waals surface area contributed by atoms with Crippen molar-refractivity contribution in [2.75, 3.05) is 5.32 Å². The van der Waals surface area contributed by atoms with Crippen LogP contribution in [0, 0.1) is 26.1 Å². The van der Waals surface area contributed by atoms with Crippen LogP contribution in [-0.2, 0) is 4.79 Å². The summed E-state index contributed by atoms with van der Waals surface area (Å²) in [6.45, 7) is 5.51. The van der Waals surface area contributed by atoms with Gasteiger partial charge in [-0.05, 0) is 28.0 Å². The Labute approximate surface area is 140 Å². The van der Waals surface area contributed by atoms with Crippen LogP contribution in [0.25, 0.3) is 0 Å². The number of nitriles is 1. The number of anilines is 1. The Kier molecular flexibility index (Phi) is 5.75. The second-order valence-corrected chi connectivity index (χ2v) is 6.96. The Balaban J connectivity index is 3.22. The highest BCUT2D eigenvalue weighted by Crippen LogP contribution is 2.30. The molecule has 0 aliphatic carbocycles. The van der Waals surface area contributed by atoms with Crippen molar-refractivity contribution in [2.24, 2.45) is 5.41 Å². The lowest BCUT2D eigenvalue weighted by Gasteiger charge is -2.31. The predicted molar refractivity (Wildman–Crippen MR) is 85.8 cm³/mol. The van der Waals surface area contributed by atoms with Gasteiger partial charge >= 0.3 is 5.97 Å². The molecule has 0 aliphatic heterocycles. The average Bonchev–Trinajstić information content (AvgIpc) is 2.33. The van der Waals surface area contributed by atoms with E-state index in [1.165, 1.54) is 0 Å². The van der Waals surface area contributed by atoms with Crippen molar-refractivity contribution in [1.82, 2.24) is 4.98 Å². The van der Waals surface area contributed by atoms with Gasteiger partial charge in [0.15, 0.2) is 16.8 Å². The van der Waals surface area contributed by atoms with E-state index in [1.807, 2.05) is 20.8 Å². The van der Waals surface area contributed by atoms with Crippen molar-refractivity contribution in [2.45, 2.75) is 33.2 Å². The number of carbonyl (C=O) groups is 1. The quantitative estimate of drug-likeness (QED) is 0.568. The number of hydrogen-bond acceptors (Lipinski definition) is 4. The molecule has 0 fully saturated rings. The number of aromatic nitrogens is 1. The molecule has 1 heterocycles. The van der Waals surface area contributed by atoms with Gasteiger partial charge in [-0.2, -0.15) is 5.26 Å². The third kappa shape index (κ3) is 4.41. The first-order chi connectivity index (χ1) is 9.57. The summed E-state index contributed by atoms with van der Waals surface area (Å²) in [6, 6.07) is 1.24. The van der Waals surface area contributed by atoms with E-state index in [0.29, 0.717) is 0 Å². The van der Waals surface area contributed by atoms with Gasteiger partial charge in [0.25, 0.3) is 0 Å². The summed E-state index contributed by atoms with van der Waals surface area (Å²) in [6.07, 6.45) is -0.196. The van der Waals surface area contributed by atoms with Crippen LogP contribution < -0.4 is 5.32 Å². The van der Waals surface area contributed by atoms with E-state index in [1.54, 1.807) is 28.7 Å². The van der Waals surface area contributed by atoms with Gasteiger partial charge in [-0.25, -0.2) is 9.37 Å². The van der Waals surface area contributed by atoms with Crippen molar-refractivity contribution in [3.8, 4) is 6.07 Å². The van der Waals surface area contributed by atoms with Gasteiger partial charge < -0.3 is 10.4 Å². The molecule has 21 heavy (non-hydrogen) atoms. The Hall–Kier alpha value is -1.14. The molecule has 0 radical (unpaired) electrons. The van der Waals surface area contributed by atoms with E-state index < -0.39 is 23.2 Å². The molecular formula is C13H14ClFIN3O2. The molecule has 5 nitrogen and oxygen atoms in total. The minimum Gasteiger partial charge on any atom is -0.481 e. The SMILES string of the molecule is CC(C)(C)[C@@H](CC(=O)O)Nc1nc(Cl)c(C#N)c(I)c1F. The third-order valence-electron chi connectivity index (χ3n) is 2.88. The van der Waals surface area contributed by atoms with Crippen molar-refractivity contribution in [1.29, 1.82) is 5.26 Å². The largest absolute Gasteiger partial charge is 0.481 e. The van der Waals surface area contributed by atoms with E-state index in [0.717, 1.165) is 0 Å². The van der Waals surface area contributed by atoms with Gasteiger partial charge in [-0.3, -0.25) is 4.79 Å². The van der Waals surface area contributed by atoms with Crippen LogP contribution in [0.4, 0.5) is 10.2 Å². The summed E-state index contributed by atoms with van der Waals surface area (Å²) >= 11 is 7.52. The van der Waals surface area contributed by atoms with Crippen LogP contribution >= 0.6 is 34.2 Å². The van der Waals surface area contributed by atoms with Gasteiger partial charge in [0, 0.05) is 6.04 Å². The van der Waals surface area contributed by atoms with Crippen LogP contribution in [0.15, 0.2) is 0 Å². The lowest BCUT2D eigenvalue weighted by atomic mass is 9.85. The molecule has 1 aromatic rings. The molecule has 1 aromatic heterocycles. The van der Waals surface area contributed by atoms with Gasteiger partial charge in [-0.1, -0.05) is 32.4 Å². The first-order valence-electron chi connectivity index (χ1n) is 6.00. The Morgan fingerprint density at radius 1 is 1.62 bits per heavy atom. The third-order valence-corrected chi connectivity index (χ3v) is 4.17. The van der Waals surface area contributed by atoms with Gasteiger partial charge in [-0.15, -0.1) is 0 Å². The molecule has 1 rings (SSSR count). The molecule has 0 unspecified atom stereocenters. The van der Waals surface area contributed by atoms with Crippen molar-refractivity contribution < 1.29 is 14.3 Å². The first kappa shape index (κ1) is 17.9. The molecule has 1 atom stereocenters. The Morgan fingerprint density at radius 3 is 2.62 bits per heavy atom. The van der Waals surface area contributed by atoms with Crippen molar-refractivity contribution in [3.05, 3.63) is 20.1 Å². The number of rotatable bonds is 4. The minimum absolute atomic E-state index is 0.0362. The highest BCUT2D eigenvalue weighted by Gasteiger charge is 2.29. The van der Waals surface area contributed by atoms with Crippen LogP contribution in [-0.4, -0.2) is 22.1 Å². The Morgan fingerprint density at radius 2 is 2.19 bits per heavy atom. The zero-order valence-electron chi connectivity index (χ0n) is 11.7. The minimum atomic E-state index is -1.00. The van der Waals surface area contributed by atoms with Gasteiger partial charge in [0.05, 0.1) is 9.99 Å². The number of aliphatic carboxylic acids is 1. The molecule has 0 spiro atoms. The van der Waals surface area contributed by atoms with Crippen LogP contribution in [0.5, 0.6) is 0 Å². The second-order valence-electron chi connectivity index (χ2n) is 5.53. The molecule has 0 bridgehead atoms. The standard InChI is InChI=1S/C13H14ClFIN3O2/c1-13(2,3)7(4-8(20)21)18-12-9(15)10(16)6(5-17)11(14)19-12/h7H,4H2,1-3H3,(H,18,19)(H,20,21)/t7-/m1/s1. The van der Waals surface area contributed by atoms with Crippen molar-refractivity contribution in [3.63, 3.8) is 0 Å². The monoisotopic (exact) mass is 425 g/mol. The Bertz CT molecular complexity index is 611. The molecular weight excluding hydrogens is 412 g/mol. The highest BCUT2D eigenvalue weighted by atomic mass is 127. The molecule has 0 saturated carbocycles. The maximum absolute atomic E-state index is 14.2. The van der Waals surface area contributed by atoms with E-state index in [4.69, 9.17) is 22.0 Å². The summed E-state index contributed by atoms with van der Waals surface area (Å²) in [7, 11) is 0. The number of halogens is 3. The number of nitrogens with zero attached hydrogens (tertiary/aromatic N) is 2. The highest BCUT2D eigenvalue weighted by molar-refractivity contribution is 14.1. The van der Waals surface area contributed by atoms with E-state index in [2.05, 4.69) is 10.3 Å². The molecule has 0 amide bonds. The number of nitrogens with one attached hydrogen (secondary N) is 1. The summed E-state index contributed by atoms with van der Waals surface area (Å²) in [5.41, 5.74) is -0.468. The summed E-state index contributed by atoms with van der Waals surface area (Å²) < 4.78 is 14.3. The topological polar surface area (TPSA) is 86.0 Å². The molecule has 8 heteroatoms. The van der Waals surface area contributed by atoms with E-state index >= 15 is 0 Å². The van der Waals surface area contributed by atoms with Crippen LogP contribution in [0.2, 0.25) is 5.15 Å². The number of carboxylic acid groups (broad SMARTS) is 1. The smallest absolute Gasteiger partial charge is 0.305 e. The van der Waals surface area contributed by atoms with Crippen LogP contribution in [0.1, 0.15) is 32.8 Å². The zero-order valence-corrected chi connectivity index (χ0v) is 14.6. The number of pyridine rings is 1. The maximum atomic E-state index is 14.2. The maximum Gasteiger partial charge on any atom is 0.305 e. The van der Waals surface area contributed by atoms with E-state index in [-0.39, 0.29) is 26.5 Å². The van der Waals surface area contributed by atoms with Crippen LogP contribution in [0.3, 0.4) is 0 Å². The fourth-order valence-corrected chi connectivity index (χ4v) is 2.62. The number of hydrogen-bond donors (Lipinski definition) is 2. The lowest BCUT2D eigenvalue weighted by molar-refractivity contribution is -0.137. The number of carboxylic acids is 1. The summed E-state index contributed by atoms with van der Waals surface area (Å²) in [5, 5.41) is 20.5.